The van der Waals surface area contributed by atoms with E-state index in [2.05, 4.69) is 5.32 Å². The topological polar surface area (TPSA) is 64.6 Å². The first-order valence-electron chi connectivity index (χ1n) is 8.11. The number of fused-ring (bicyclic) bond motifs is 1. The Labute approximate surface area is 140 Å². The maximum atomic E-state index is 12.0. The standard InChI is InChI=1S/C19H21NO4/c1-12(13-7-8-13)20-18(21)11-24-17-10-15-6-4-3-5-14(15)9-16(17)19(22)23-2/h3-6,9-10,12-13H,7-8,11H2,1-2H3,(H,20,21)/t12-/m0/s1. The lowest BCUT2D eigenvalue weighted by Gasteiger charge is -2.15. The van der Waals surface area contributed by atoms with Gasteiger partial charge in [-0.1, -0.05) is 24.3 Å². The molecule has 126 valence electrons. The number of esters is 1. The normalized spacial score (nSPS) is 14.9. The maximum Gasteiger partial charge on any atom is 0.341 e. The Morgan fingerprint density at radius 1 is 1.21 bits per heavy atom. The van der Waals surface area contributed by atoms with Crippen molar-refractivity contribution >= 4 is 22.6 Å². The molecule has 1 amide bonds. The zero-order valence-electron chi connectivity index (χ0n) is 13.9. The number of ether oxygens (including phenoxy) is 2. The van der Waals surface area contributed by atoms with Gasteiger partial charge in [0.05, 0.1) is 7.11 Å². The van der Waals surface area contributed by atoms with Crippen molar-refractivity contribution in [2.24, 2.45) is 5.92 Å². The summed E-state index contributed by atoms with van der Waals surface area (Å²) in [6.45, 7) is 1.88. The van der Waals surface area contributed by atoms with Crippen molar-refractivity contribution in [3.63, 3.8) is 0 Å². The third kappa shape index (κ3) is 3.67. The summed E-state index contributed by atoms with van der Waals surface area (Å²) in [4.78, 5) is 24.0. The van der Waals surface area contributed by atoms with Crippen LogP contribution in [0.25, 0.3) is 10.8 Å². The molecule has 2 aromatic carbocycles. The number of hydrogen-bond donors (Lipinski definition) is 1. The molecule has 1 aliphatic carbocycles. The highest BCUT2D eigenvalue weighted by Gasteiger charge is 2.29. The van der Waals surface area contributed by atoms with Gasteiger partial charge in [-0.25, -0.2) is 4.79 Å². The summed E-state index contributed by atoms with van der Waals surface area (Å²) in [5, 5.41) is 4.78. The smallest absolute Gasteiger partial charge is 0.341 e. The van der Waals surface area contributed by atoms with Crippen molar-refractivity contribution in [1.82, 2.24) is 5.32 Å². The summed E-state index contributed by atoms with van der Waals surface area (Å²) in [6.07, 6.45) is 2.33. The minimum Gasteiger partial charge on any atom is -0.483 e. The van der Waals surface area contributed by atoms with Crippen LogP contribution in [0.4, 0.5) is 0 Å². The van der Waals surface area contributed by atoms with E-state index in [1.54, 1.807) is 12.1 Å². The van der Waals surface area contributed by atoms with Gasteiger partial charge in [0.1, 0.15) is 11.3 Å². The molecular weight excluding hydrogens is 306 g/mol. The van der Waals surface area contributed by atoms with Crippen molar-refractivity contribution < 1.29 is 19.1 Å². The number of benzene rings is 2. The summed E-state index contributed by atoms with van der Waals surface area (Å²) >= 11 is 0. The molecule has 1 aliphatic rings. The Morgan fingerprint density at radius 2 is 1.88 bits per heavy atom. The van der Waals surface area contributed by atoms with Crippen LogP contribution in [0.3, 0.4) is 0 Å². The number of carbonyl (C=O) groups is 2. The molecule has 1 fully saturated rings. The molecule has 1 atom stereocenters. The summed E-state index contributed by atoms with van der Waals surface area (Å²) in [5.74, 6) is 0.274. The van der Waals surface area contributed by atoms with Crippen molar-refractivity contribution in [1.29, 1.82) is 0 Å². The van der Waals surface area contributed by atoms with Gasteiger partial charge in [0.2, 0.25) is 0 Å². The lowest BCUT2D eigenvalue weighted by Crippen LogP contribution is -2.37. The molecule has 0 unspecified atom stereocenters. The monoisotopic (exact) mass is 327 g/mol. The van der Waals surface area contributed by atoms with E-state index in [4.69, 9.17) is 9.47 Å². The van der Waals surface area contributed by atoms with Gasteiger partial charge in [0.25, 0.3) is 5.91 Å². The average molecular weight is 327 g/mol. The molecule has 1 N–H and O–H groups in total. The Balaban J connectivity index is 1.76. The molecule has 3 rings (SSSR count). The predicted octanol–water partition coefficient (Wildman–Crippen LogP) is 2.92. The average Bonchev–Trinajstić information content (AvgIpc) is 3.43. The summed E-state index contributed by atoms with van der Waals surface area (Å²) in [7, 11) is 1.32. The first-order valence-corrected chi connectivity index (χ1v) is 8.11. The second kappa shape index (κ2) is 6.91. The lowest BCUT2D eigenvalue weighted by molar-refractivity contribution is -0.123. The van der Waals surface area contributed by atoms with Crippen molar-refractivity contribution in [3.8, 4) is 5.75 Å². The molecule has 24 heavy (non-hydrogen) atoms. The van der Waals surface area contributed by atoms with E-state index in [1.807, 2.05) is 31.2 Å². The molecule has 0 heterocycles. The number of hydrogen-bond acceptors (Lipinski definition) is 4. The molecule has 5 heteroatoms. The van der Waals surface area contributed by atoms with Gasteiger partial charge < -0.3 is 14.8 Å². The minimum atomic E-state index is -0.484. The molecule has 2 aromatic rings. The van der Waals surface area contributed by atoms with E-state index in [0.717, 1.165) is 10.8 Å². The SMILES string of the molecule is COC(=O)c1cc2ccccc2cc1OCC(=O)N[C@@H](C)C1CC1. The number of methoxy groups -OCH3 is 1. The molecule has 0 aliphatic heterocycles. The number of nitrogens with one attached hydrogen (secondary N) is 1. The third-order valence-electron chi connectivity index (χ3n) is 4.33. The molecule has 0 bridgehead atoms. The fraction of sp³-hybridized carbons (Fsp3) is 0.368. The summed E-state index contributed by atoms with van der Waals surface area (Å²) < 4.78 is 10.4. The zero-order chi connectivity index (χ0) is 17.1. The van der Waals surface area contributed by atoms with Crippen molar-refractivity contribution in [2.45, 2.75) is 25.8 Å². The van der Waals surface area contributed by atoms with Crippen LogP contribution >= 0.6 is 0 Å². The molecule has 5 nitrogen and oxygen atoms in total. The van der Waals surface area contributed by atoms with E-state index in [9.17, 15) is 9.59 Å². The van der Waals surface area contributed by atoms with Crippen LogP contribution in [0.5, 0.6) is 5.75 Å². The van der Waals surface area contributed by atoms with Crippen LogP contribution in [-0.4, -0.2) is 31.6 Å². The molecule has 0 radical (unpaired) electrons. The Kier molecular flexibility index (Phi) is 4.69. The third-order valence-corrected chi connectivity index (χ3v) is 4.33. The molecule has 1 saturated carbocycles. The van der Waals surface area contributed by atoms with Gasteiger partial charge in [0.15, 0.2) is 6.61 Å². The number of amides is 1. The maximum absolute atomic E-state index is 12.0. The highest BCUT2D eigenvalue weighted by Crippen LogP contribution is 2.32. The Morgan fingerprint density at radius 3 is 2.50 bits per heavy atom. The largest absolute Gasteiger partial charge is 0.483 e. The summed E-state index contributed by atoms with van der Waals surface area (Å²) in [6, 6.07) is 11.3. The Bertz CT molecular complexity index is 767. The fourth-order valence-electron chi connectivity index (χ4n) is 2.76. The molecule has 0 saturated heterocycles. The highest BCUT2D eigenvalue weighted by molar-refractivity contribution is 5.98. The van der Waals surface area contributed by atoms with Crippen LogP contribution in [0.2, 0.25) is 0 Å². The zero-order valence-corrected chi connectivity index (χ0v) is 13.9. The van der Waals surface area contributed by atoms with E-state index >= 15 is 0 Å². The van der Waals surface area contributed by atoms with Crippen LogP contribution in [0.15, 0.2) is 36.4 Å². The van der Waals surface area contributed by atoms with Gasteiger partial charge in [0, 0.05) is 6.04 Å². The quantitative estimate of drug-likeness (QED) is 0.829. The highest BCUT2D eigenvalue weighted by atomic mass is 16.5. The second-order valence-electron chi connectivity index (χ2n) is 6.17. The van der Waals surface area contributed by atoms with E-state index < -0.39 is 5.97 Å². The summed E-state index contributed by atoms with van der Waals surface area (Å²) in [5.41, 5.74) is 0.319. The second-order valence-corrected chi connectivity index (χ2v) is 6.17. The van der Waals surface area contributed by atoms with Gasteiger partial charge >= 0.3 is 5.97 Å². The molecule has 0 aromatic heterocycles. The lowest BCUT2D eigenvalue weighted by atomic mass is 10.1. The van der Waals surface area contributed by atoms with Crippen LogP contribution in [0, 0.1) is 5.92 Å². The van der Waals surface area contributed by atoms with E-state index in [-0.39, 0.29) is 18.6 Å². The van der Waals surface area contributed by atoms with Crippen LogP contribution < -0.4 is 10.1 Å². The van der Waals surface area contributed by atoms with Crippen LogP contribution in [-0.2, 0) is 9.53 Å². The van der Waals surface area contributed by atoms with Gasteiger partial charge in [-0.15, -0.1) is 0 Å². The van der Waals surface area contributed by atoms with Crippen LogP contribution in [0.1, 0.15) is 30.1 Å². The van der Waals surface area contributed by atoms with Gasteiger partial charge in [-0.05, 0) is 48.6 Å². The minimum absolute atomic E-state index is 0.126. The predicted molar refractivity (Wildman–Crippen MR) is 91.1 cm³/mol. The van der Waals surface area contributed by atoms with Gasteiger partial charge in [-0.3, -0.25) is 4.79 Å². The van der Waals surface area contributed by atoms with Gasteiger partial charge in [-0.2, -0.15) is 0 Å². The first-order chi connectivity index (χ1) is 11.6. The first kappa shape index (κ1) is 16.3. The molecular formula is C19H21NO4. The van der Waals surface area contributed by atoms with E-state index in [0.29, 0.717) is 17.2 Å². The van der Waals surface area contributed by atoms with Crippen molar-refractivity contribution in [2.75, 3.05) is 13.7 Å². The fourth-order valence-corrected chi connectivity index (χ4v) is 2.76. The van der Waals surface area contributed by atoms with E-state index in [1.165, 1.54) is 20.0 Å². The number of carbonyl (C=O) groups excluding carboxylic acids is 2. The van der Waals surface area contributed by atoms with Crippen molar-refractivity contribution in [3.05, 3.63) is 42.0 Å². The molecule has 0 spiro atoms. The number of rotatable bonds is 6. The Hall–Kier alpha value is -2.56.